The molecular weight excluding hydrogens is 685 g/mol. The number of amides is 1. The second kappa shape index (κ2) is 16.1. The number of ether oxygens (including phenoxy) is 4. The van der Waals surface area contributed by atoms with Gasteiger partial charge in [-0.25, -0.2) is 22.3 Å². The zero-order chi connectivity index (χ0) is 36.9. The maximum atomic E-state index is 14.2. The van der Waals surface area contributed by atoms with Crippen molar-refractivity contribution in [1.29, 1.82) is 0 Å². The number of para-hydroxylation sites is 1. The van der Waals surface area contributed by atoms with Gasteiger partial charge in [0.15, 0.2) is 6.61 Å². The Morgan fingerprint density at radius 3 is 2.35 bits per heavy atom. The number of carboxylic acids is 1. The first-order valence-corrected chi connectivity index (χ1v) is 19.4. The SMILES string of the molecule is C=C(C)[C@@H]1C[C@@]2(CCCN(S(=O)(=O)C3CCN(C(=O)OCc4ccccc4)CC3)C2)[C@H](C)O[C@H]1c1cc(Oc2ccccc2)ccc1OCC(=O)O. The number of carbonyl (C=O) groups excluding carboxylic acids is 1. The van der Waals surface area contributed by atoms with Crippen LogP contribution in [0.5, 0.6) is 17.2 Å². The van der Waals surface area contributed by atoms with E-state index in [1.807, 2.05) is 80.6 Å². The number of nitrogens with zero attached hydrogens (tertiary/aromatic N) is 2. The smallest absolute Gasteiger partial charge is 0.410 e. The molecule has 278 valence electrons. The maximum Gasteiger partial charge on any atom is 0.410 e. The van der Waals surface area contributed by atoms with Crippen molar-refractivity contribution < 1.29 is 42.1 Å². The van der Waals surface area contributed by atoms with Crippen molar-refractivity contribution in [3.63, 3.8) is 0 Å². The third kappa shape index (κ3) is 8.46. The molecule has 4 atom stereocenters. The molecule has 6 rings (SSSR count). The van der Waals surface area contributed by atoms with Crippen LogP contribution in [-0.2, 0) is 30.9 Å². The van der Waals surface area contributed by atoms with Gasteiger partial charge in [0.05, 0.1) is 17.5 Å². The van der Waals surface area contributed by atoms with Crippen molar-refractivity contribution in [3.8, 4) is 17.2 Å². The number of rotatable bonds is 11. The van der Waals surface area contributed by atoms with Crippen molar-refractivity contribution in [2.45, 2.75) is 70.0 Å². The summed E-state index contributed by atoms with van der Waals surface area (Å²) in [6, 6.07) is 24.1. The quantitative estimate of drug-likeness (QED) is 0.203. The monoisotopic (exact) mass is 732 g/mol. The lowest BCUT2D eigenvalue weighted by Crippen LogP contribution is -2.57. The predicted molar refractivity (Wildman–Crippen MR) is 196 cm³/mol. The van der Waals surface area contributed by atoms with Gasteiger partial charge in [-0.2, -0.15) is 0 Å². The number of benzene rings is 3. The molecule has 52 heavy (non-hydrogen) atoms. The van der Waals surface area contributed by atoms with E-state index in [1.165, 1.54) is 0 Å². The number of carbonyl (C=O) groups is 2. The molecule has 3 fully saturated rings. The van der Waals surface area contributed by atoms with Crippen molar-refractivity contribution in [2.75, 3.05) is 32.8 Å². The molecule has 0 radical (unpaired) electrons. The largest absolute Gasteiger partial charge is 0.482 e. The minimum absolute atomic E-state index is 0.170. The van der Waals surface area contributed by atoms with Gasteiger partial charge in [-0.3, -0.25) is 0 Å². The van der Waals surface area contributed by atoms with E-state index in [2.05, 4.69) is 6.58 Å². The highest BCUT2D eigenvalue weighted by Crippen LogP contribution is 2.54. The summed E-state index contributed by atoms with van der Waals surface area (Å²) in [5, 5.41) is 8.79. The number of piperidine rings is 2. The lowest BCUT2D eigenvalue weighted by atomic mass is 9.65. The summed E-state index contributed by atoms with van der Waals surface area (Å²) < 4.78 is 54.2. The van der Waals surface area contributed by atoms with Gasteiger partial charge in [-0.1, -0.05) is 60.7 Å². The standard InChI is InChI=1S/C40H48N2O9S/c1-28(2)35-24-40(29(3)50-38(35)34-23-32(51-31-13-8-5-9-14-31)15-16-36(34)48-26-37(43)44)19-10-20-42(27-40)52(46,47)33-17-21-41(22-18-33)39(45)49-25-30-11-6-4-7-12-30/h4-9,11-16,23,29,33,35,38H,1,10,17-22,24-27H2,2-3H3,(H,43,44)/t29-,35-,38-,40+/m0/s1. The second-order valence-electron chi connectivity index (χ2n) is 14.2. The van der Waals surface area contributed by atoms with Crippen LogP contribution >= 0.6 is 0 Å². The first-order chi connectivity index (χ1) is 24.9. The Bertz CT molecular complexity index is 1830. The molecule has 0 bridgehead atoms. The summed E-state index contributed by atoms with van der Waals surface area (Å²) in [4.78, 5) is 25.8. The Kier molecular flexibility index (Phi) is 11.6. The van der Waals surface area contributed by atoms with Crippen molar-refractivity contribution in [2.24, 2.45) is 11.3 Å². The molecule has 3 saturated heterocycles. The lowest BCUT2D eigenvalue weighted by molar-refractivity contribution is -0.159. The van der Waals surface area contributed by atoms with E-state index in [-0.39, 0.29) is 18.6 Å². The second-order valence-corrected chi connectivity index (χ2v) is 16.4. The van der Waals surface area contributed by atoms with E-state index >= 15 is 0 Å². The highest BCUT2D eigenvalue weighted by Gasteiger charge is 2.52. The number of hydrogen-bond donors (Lipinski definition) is 1. The van der Waals surface area contributed by atoms with Crippen molar-refractivity contribution >= 4 is 22.1 Å². The molecule has 3 aliphatic heterocycles. The first-order valence-electron chi connectivity index (χ1n) is 17.9. The summed E-state index contributed by atoms with van der Waals surface area (Å²) in [6.07, 6.45) is 1.51. The Morgan fingerprint density at radius 1 is 0.981 bits per heavy atom. The van der Waals surface area contributed by atoms with Crippen molar-refractivity contribution in [1.82, 2.24) is 9.21 Å². The Morgan fingerprint density at radius 2 is 1.67 bits per heavy atom. The van der Waals surface area contributed by atoms with E-state index < -0.39 is 45.5 Å². The molecule has 3 aromatic carbocycles. The first kappa shape index (κ1) is 37.4. The van der Waals surface area contributed by atoms with Gasteiger partial charge < -0.3 is 29.0 Å². The van der Waals surface area contributed by atoms with Crippen LogP contribution in [0.3, 0.4) is 0 Å². The minimum Gasteiger partial charge on any atom is -0.482 e. The molecule has 0 saturated carbocycles. The molecule has 3 aliphatic rings. The predicted octanol–water partition coefficient (Wildman–Crippen LogP) is 7.20. The number of hydrogen-bond acceptors (Lipinski definition) is 8. The molecule has 1 N–H and O–H groups in total. The minimum atomic E-state index is -3.66. The number of likely N-dealkylation sites (tertiary alicyclic amines) is 1. The van der Waals surface area contributed by atoms with Crippen LogP contribution in [0.1, 0.15) is 63.2 Å². The highest BCUT2D eigenvalue weighted by molar-refractivity contribution is 7.89. The average Bonchev–Trinajstić information content (AvgIpc) is 3.15. The van der Waals surface area contributed by atoms with Crippen LogP contribution < -0.4 is 9.47 Å². The third-order valence-corrected chi connectivity index (χ3v) is 13.1. The Hall–Kier alpha value is -4.39. The molecule has 0 aliphatic carbocycles. The van der Waals surface area contributed by atoms with Crippen molar-refractivity contribution in [3.05, 3.63) is 102 Å². The summed E-state index contributed by atoms with van der Waals surface area (Å²) in [7, 11) is -3.66. The fourth-order valence-electron chi connectivity index (χ4n) is 7.79. The van der Waals surface area contributed by atoms with E-state index in [9.17, 15) is 23.1 Å². The van der Waals surface area contributed by atoms with E-state index in [4.69, 9.17) is 18.9 Å². The van der Waals surface area contributed by atoms with Crippen LogP contribution in [0.25, 0.3) is 0 Å². The Balaban J connectivity index is 1.16. The maximum absolute atomic E-state index is 14.2. The van der Waals surface area contributed by atoms with Crippen LogP contribution in [0.2, 0.25) is 0 Å². The number of sulfonamides is 1. The van der Waals surface area contributed by atoms with E-state index in [0.29, 0.717) is 74.7 Å². The van der Waals surface area contributed by atoms with Crippen LogP contribution in [-0.4, -0.2) is 78.9 Å². The van der Waals surface area contributed by atoms with Crippen LogP contribution in [0.4, 0.5) is 4.79 Å². The van der Waals surface area contributed by atoms with Gasteiger partial charge in [0.25, 0.3) is 0 Å². The molecule has 12 heteroatoms. The number of aliphatic carboxylic acids is 1. The zero-order valence-electron chi connectivity index (χ0n) is 29.8. The zero-order valence-corrected chi connectivity index (χ0v) is 30.6. The fourth-order valence-corrected chi connectivity index (χ4v) is 9.84. The fraction of sp³-hybridized carbons (Fsp3) is 0.450. The van der Waals surface area contributed by atoms with Gasteiger partial charge in [-0.05, 0) is 81.8 Å². The molecule has 1 amide bonds. The molecule has 0 unspecified atom stereocenters. The molecule has 3 heterocycles. The summed E-state index contributed by atoms with van der Waals surface area (Å²) in [5.41, 5.74) is 1.96. The summed E-state index contributed by atoms with van der Waals surface area (Å²) >= 11 is 0. The molecule has 0 aromatic heterocycles. The lowest BCUT2D eigenvalue weighted by Gasteiger charge is -2.53. The molecule has 11 nitrogen and oxygen atoms in total. The summed E-state index contributed by atoms with van der Waals surface area (Å²) in [6.45, 7) is 9.31. The van der Waals surface area contributed by atoms with E-state index in [1.54, 1.807) is 21.3 Å². The van der Waals surface area contributed by atoms with Crippen LogP contribution in [0, 0.1) is 11.3 Å². The molecular formula is C40H48N2O9S. The number of carboxylic acid groups (broad SMARTS) is 1. The van der Waals surface area contributed by atoms with Gasteiger partial charge in [0.1, 0.15) is 23.9 Å². The topological polar surface area (TPSA) is 132 Å². The molecule has 1 spiro atoms. The van der Waals surface area contributed by atoms with Gasteiger partial charge in [0, 0.05) is 43.1 Å². The van der Waals surface area contributed by atoms with Crippen LogP contribution in [0.15, 0.2) is 91.0 Å². The normalized spacial score (nSPS) is 24.3. The Labute approximate surface area is 306 Å². The highest BCUT2D eigenvalue weighted by atomic mass is 32.2. The molecule has 3 aromatic rings. The van der Waals surface area contributed by atoms with Gasteiger partial charge in [0.2, 0.25) is 10.0 Å². The summed E-state index contributed by atoms with van der Waals surface area (Å²) in [5.74, 6) is 0.277. The van der Waals surface area contributed by atoms with Gasteiger partial charge >= 0.3 is 12.1 Å². The third-order valence-electron chi connectivity index (χ3n) is 10.7. The van der Waals surface area contributed by atoms with Gasteiger partial charge in [-0.15, -0.1) is 0 Å². The average molecular weight is 733 g/mol. The van der Waals surface area contributed by atoms with E-state index in [0.717, 1.165) is 17.6 Å².